The summed E-state index contributed by atoms with van der Waals surface area (Å²) in [5.41, 5.74) is 1.06. The summed E-state index contributed by atoms with van der Waals surface area (Å²) >= 11 is 0. The van der Waals surface area contributed by atoms with Gasteiger partial charge in [-0.05, 0) is 19.1 Å². The molecule has 6 nitrogen and oxygen atoms in total. The van der Waals surface area contributed by atoms with Crippen LogP contribution in [0.15, 0.2) is 30.3 Å². The van der Waals surface area contributed by atoms with Crippen molar-refractivity contribution in [3.8, 4) is 0 Å². The van der Waals surface area contributed by atoms with Gasteiger partial charge in [0.25, 0.3) is 0 Å². The van der Waals surface area contributed by atoms with E-state index in [1.807, 2.05) is 49.3 Å². The van der Waals surface area contributed by atoms with Gasteiger partial charge >= 0.3 is 0 Å². The molecule has 0 spiro atoms. The maximum atomic E-state index is 4.52. The smallest absolute Gasteiger partial charge is 0.236 e. The van der Waals surface area contributed by atoms with Crippen molar-refractivity contribution in [1.82, 2.24) is 15.0 Å². The van der Waals surface area contributed by atoms with Gasteiger partial charge in [-0.1, -0.05) is 18.2 Å². The highest BCUT2D eigenvalue weighted by atomic mass is 15.3. The molecular formula is C14H20N6. The Labute approximate surface area is 119 Å². The van der Waals surface area contributed by atoms with Crippen LogP contribution in [0.3, 0.4) is 0 Å². The molecule has 20 heavy (non-hydrogen) atoms. The second-order valence-corrected chi connectivity index (χ2v) is 4.48. The molecular weight excluding hydrogens is 252 g/mol. The van der Waals surface area contributed by atoms with E-state index in [-0.39, 0.29) is 0 Å². The lowest BCUT2D eigenvalue weighted by Gasteiger charge is -2.22. The molecule has 0 atom stereocenters. The standard InChI is InChI=1S/C14H20N6/c1-5-20(11-9-7-6-8-10-11)14-17-12(15-2)16-13(18-14)19(3)4/h6-10H,5H2,1-4H3,(H,15,16,17,18). The van der Waals surface area contributed by atoms with Crippen LogP contribution in [0.5, 0.6) is 0 Å². The van der Waals surface area contributed by atoms with Gasteiger partial charge in [0.1, 0.15) is 0 Å². The molecule has 0 bridgehead atoms. The van der Waals surface area contributed by atoms with E-state index in [4.69, 9.17) is 0 Å². The molecule has 0 unspecified atom stereocenters. The first kappa shape index (κ1) is 14.0. The summed E-state index contributed by atoms with van der Waals surface area (Å²) in [5, 5.41) is 2.98. The summed E-state index contributed by atoms with van der Waals surface area (Å²) in [6, 6.07) is 10.1. The third kappa shape index (κ3) is 2.96. The normalized spacial score (nSPS) is 10.2. The minimum Gasteiger partial charge on any atom is -0.357 e. The number of anilines is 4. The van der Waals surface area contributed by atoms with E-state index in [1.165, 1.54) is 0 Å². The first-order chi connectivity index (χ1) is 9.65. The van der Waals surface area contributed by atoms with Gasteiger partial charge in [-0.3, -0.25) is 0 Å². The summed E-state index contributed by atoms with van der Waals surface area (Å²) in [7, 11) is 5.63. The Kier molecular flexibility index (Phi) is 4.34. The van der Waals surface area contributed by atoms with Gasteiger partial charge in [0.2, 0.25) is 17.8 Å². The molecule has 0 saturated heterocycles. The molecule has 0 aliphatic rings. The van der Waals surface area contributed by atoms with Gasteiger partial charge in [-0.25, -0.2) is 0 Å². The van der Waals surface area contributed by atoms with Gasteiger partial charge in [0, 0.05) is 33.4 Å². The molecule has 0 saturated carbocycles. The van der Waals surface area contributed by atoms with Crippen LogP contribution in [0.25, 0.3) is 0 Å². The number of hydrogen-bond donors (Lipinski definition) is 1. The minimum absolute atomic E-state index is 0.563. The lowest BCUT2D eigenvalue weighted by atomic mass is 10.3. The van der Waals surface area contributed by atoms with E-state index in [1.54, 1.807) is 7.05 Å². The Morgan fingerprint density at radius 2 is 1.65 bits per heavy atom. The first-order valence-electron chi connectivity index (χ1n) is 6.59. The molecule has 6 heteroatoms. The molecule has 1 N–H and O–H groups in total. The maximum absolute atomic E-state index is 4.52. The second-order valence-electron chi connectivity index (χ2n) is 4.48. The quantitative estimate of drug-likeness (QED) is 0.900. The van der Waals surface area contributed by atoms with Crippen molar-refractivity contribution in [2.75, 3.05) is 42.8 Å². The summed E-state index contributed by atoms with van der Waals surface area (Å²) in [4.78, 5) is 17.2. The summed E-state index contributed by atoms with van der Waals surface area (Å²) < 4.78 is 0. The number of aromatic nitrogens is 3. The predicted octanol–water partition coefficient (Wildman–Crippen LogP) is 2.14. The highest BCUT2D eigenvalue weighted by molar-refractivity contribution is 5.59. The highest BCUT2D eigenvalue weighted by Crippen LogP contribution is 2.23. The zero-order valence-electron chi connectivity index (χ0n) is 12.3. The van der Waals surface area contributed by atoms with Gasteiger partial charge in [0.15, 0.2) is 0 Å². The predicted molar refractivity (Wildman–Crippen MR) is 82.8 cm³/mol. The van der Waals surface area contributed by atoms with Crippen molar-refractivity contribution in [1.29, 1.82) is 0 Å². The van der Waals surface area contributed by atoms with Crippen LogP contribution in [0.4, 0.5) is 23.5 Å². The van der Waals surface area contributed by atoms with Gasteiger partial charge in [-0.2, -0.15) is 15.0 Å². The fourth-order valence-electron chi connectivity index (χ4n) is 1.83. The molecule has 2 aromatic rings. The molecule has 1 aromatic heterocycles. The number of nitrogens with one attached hydrogen (secondary N) is 1. The molecule has 0 aliphatic carbocycles. The fraction of sp³-hybridized carbons (Fsp3) is 0.357. The number of hydrogen-bond acceptors (Lipinski definition) is 6. The molecule has 0 amide bonds. The van der Waals surface area contributed by atoms with E-state index in [0.29, 0.717) is 17.8 Å². The summed E-state index contributed by atoms with van der Waals surface area (Å²) in [6.45, 7) is 2.86. The third-order valence-corrected chi connectivity index (χ3v) is 2.86. The zero-order chi connectivity index (χ0) is 14.5. The zero-order valence-corrected chi connectivity index (χ0v) is 12.3. The van der Waals surface area contributed by atoms with Crippen LogP contribution < -0.4 is 15.1 Å². The van der Waals surface area contributed by atoms with E-state index >= 15 is 0 Å². The van der Waals surface area contributed by atoms with Crippen molar-refractivity contribution in [2.24, 2.45) is 0 Å². The van der Waals surface area contributed by atoms with Gasteiger partial charge in [-0.15, -0.1) is 0 Å². The topological polar surface area (TPSA) is 57.2 Å². The van der Waals surface area contributed by atoms with Crippen LogP contribution in [0.1, 0.15) is 6.92 Å². The Hall–Kier alpha value is -2.37. The van der Waals surface area contributed by atoms with Gasteiger partial charge in [0.05, 0.1) is 0 Å². The maximum Gasteiger partial charge on any atom is 0.236 e. The minimum atomic E-state index is 0.563. The summed E-state index contributed by atoms with van der Waals surface area (Å²) in [6.07, 6.45) is 0. The van der Waals surface area contributed by atoms with E-state index in [9.17, 15) is 0 Å². The van der Waals surface area contributed by atoms with E-state index in [2.05, 4.69) is 32.1 Å². The Morgan fingerprint density at radius 1 is 1.00 bits per heavy atom. The van der Waals surface area contributed by atoms with Crippen molar-refractivity contribution in [3.63, 3.8) is 0 Å². The van der Waals surface area contributed by atoms with Crippen molar-refractivity contribution < 1.29 is 0 Å². The average molecular weight is 272 g/mol. The number of benzene rings is 1. The Balaban J connectivity index is 2.46. The van der Waals surface area contributed by atoms with Crippen molar-refractivity contribution in [3.05, 3.63) is 30.3 Å². The first-order valence-corrected chi connectivity index (χ1v) is 6.59. The van der Waals surface area contributed by atoms with E-state index < -0.39 is 0 Å². The monoisotopic (exact) mass is 272 g/mol. The molecule has 1 aromatic carbocycles. The van der Waals surface area contributed by atoms with Gasteiger partial charge < -0.3 is 15.1 Å². The van der Waals surface area contributed by atoms with Crippen LogP contribution in [-0.4, -0.2) is 42.6 Å². The largest absolute Gasteiger partial charge is 0.357 e. The van der Waals surface area contributed by atoms with Crippen molar-refractivity contribution in [2.45, 2.75) is 6.92 Å². The molecule has 106 valence electrons. The molecule has 1 heterocycles. The fourth-order valence-corrected chi connectivity index (χ4v) is 1.83. The lowest BCUT2D eigenvalue weighted by molar-refractivity contribution is 0.897. The molecule has 0 radical (unpaired) electrons. The number of nitrogens with zero attached hydrogens (tertiary/aromatic N) is 5. The van der Waals surface area contributed by atoms with Crippen LogP contribution in [0.2, 0.25) is 0 Å². The second kappa shape index (κ2) is 6.18. The number of rotatable bonds is 5. The SMILES string of the molecule is CCN(c1ccccc1)c1nc(NC)nc(N(C)C)n1. The number of para-hydroxylation sites is 1. The third-order valence-electron chi connectivity index (χ3n) is 2.86. The van der Waals surface area contributed by atoms with Crippen molar-refractivity contribution >= 4 is 23.5 Å². The Morgan fingerprint density at radius 3 is 2.20 bits per heavy atom. The Bertz CT molecular complexity index is 555. The van der Waals surface area contributed by atoms with Crippen LogP contribution in [-0.2, 0) is 0 Å². The molecule has 0 fully saturated rings. The van der Waals surface area contributed by atoms with Crippen LogP contribution >= 0.6 is 0 Å². The van der Waals surface area contributed by atoms with E-state index in [0.717, 1.165) is 12.2 Å². The highest BCUT2D eigenvalue weighted by Gasteiger charge is 2.14. The molecule has 2 rings (SSSR count). The summed E-state index contributed by atoms with van der Waals surface area (Å²) in [5.74, 6) is 1.84. The average Bonchev–Trinajstić information content (AvgIpc) is 2.48. The lowest BCUT2D eigenvalue weighted by Crippen LogP contribution is -2.22. The van der Waals surface area contributed by atoms with Crippen LogP contribution in [0, 0.1) is 0 Å². The molecule has 0 aliphatic heterocycles.